The zero-order chi connectivity index (χ0) is 17.0. The Morgan fingerprint density at radius 2 is 1.18 bits per heavy atom. The largest absolute Gasteiger partial charge is 0.355 e. The van der Waals surface area contributed by atoms with Gasteiger partial charge in [0.2, 0.25) is 0 Å². The van der Waals surface area contributed by atoms with Crippen molar-refractivity contribution in [3.8, 4) is 0 Å². The van der Waals surface area contributed by atoms with Crippen molar-refractivity contribution in [3.05, 3.63) is 71.3 Å². The van der Waals surface area contributed by atoms with Crippen LogP contribution in [-0.2, 0) is 4.79 Å². The van der Waals surface area contributed by atoms with Gasteiger partial charge in [-0.15, -0.1) is 0 Å². The number of hydrogen-bond donors (Lipinski definition) is 1. The van der Waals surface area contributed by atoms with Gasteiger partial charge in [-0.25, -0.2) is 0 Å². The Morgan fingerprint density at radius 3 is 1.64 bits per heavy atom. The molecule has 4 heteroatoms. The summed E-state index contributed by atoms with van der Waals surface area (Å²) in [4.78, 5) is 31.5. The van der Waals surface area contributed by atoms with Gasteiger partial charge in [-0.3, -0.25) is 9.59 Å². The molecule has 0 bridgehead atoms. The van der Waals surface area contributed by atoms with Gasteiger partial charge in [0.05, 0.1) is 0 Å². The minimum Gasteiger partial charge on any atom is -0.355 e. The van der Waals surface area contributed by atoms with E-state index in [0.717, 1.165) is 0 Å². The van der Waals surface area contributed by atoms with Crippen molar-refractivity contribution in [1.82, 2.24) is 5.32 Å². The first-order valence-corrected chi connectivity index (χ1v) is 6.93. The Kier molecular flexibility index (Phi) is 9.60. The molecule has 4 nitrogen and oxygen atoms in total. The lowest BCUT2D eigenvalue weighted by Gasteiger charge is -2.03. The van der Waals surface area contributed by atoms with Crippen LogP contribution in [0.3, 0.4) is 0 Å². The number of nitrogens with one attached hydrogen (secondary N) is 1. The van der Waals surface area contributed by atoms with Gasteiger partial charge in [-0.05, 0) is 12.1 Å². The molecule has 0 unspecified atom stereocenters. The molecule has 1 N–H and O–H groups in total. The van der Waals surface area contributed by atoms with E-state index in [4.69, 9.17) is 4.79 Å². The van der Waals surface area contributed by atoms with E-state index in [1.54, 1.807) is 43.4 Å². The summed E-state index contributed by atoms with van der Waals surface area (Å²) in [6, 6.07) is 15.7. The second-order valence-corrected chi connectivity index (χ2v) is 3.85. The SMILES string of the molecule is C=O.CC.CNC(=O)c1ccc(C(=O)c2ccccc2)cc1. The minimum absolute atomic E-state index is 0.0425. The van der Waals surface area contributed by atoms with E-state index in [-0.39, 0.29) is 11.7 Å². The monoisotopic (exact) mass is 299 g/mol. The average molecular weight is 299 g/mol. The smallest absolute Gasteiger partial charge is 0.251 e. The fourth-order valence-electron chi connectivity index (χ4n) is 1.67. The van der Waals surface area contributed by atoms with Gasteiger partial charge in [-0.2, -0.15) is 0 Å². The van der Waals surface area contributed by atoms with Crippen LogP contribution in [0.1, 0.15) is 40.1 Å². The predicted molar refractivity (Wildman–Crippen MR) is 88.2 cm³/mol. The third-order valence-corrected chi connectivity index (χ3v) is 2.67. The van der Waals surface area contributed by atoms with Gasteiger partial charge in [-0.1, -0.05) is 56.3 Å². The standard InChI is InChI=1S/C15H13NO2.C2H6.CH2O/c1-16-15(18)13-9-7-12(8-10-13)14(17)11-5-3-2-4-6-11;2*1-2/h2-10H,1H3,(H,16,18);1-2H3;1H2. The van der Waals surface area contributed by atoms with Gasteiger partial charge in [0.25, 0.3) is 5.91 Å². The first-order chi connectivity index (χ1) is 10.7. The number of amides is 1. The Labute approximate surface area is 131 Å². The normalized spacial score (nSPS) is 8.50. The molecule has 0 saturated heterocycles. The van der Waals surface area contributed by atoms with Gasteiger partial charge < -0.3 is 10.1 Å². The van der Waals surface area contributed by atoms with Crippen LogP contribution >= 0.6 is 0 Å². The molecule has 2 aromatic carbocycles. The highest BCUT2D eigenvalue weighted by Gasteiger charge is 2.09. The molecule has 0 fully saturated rings. The molecule has 0 aliphatic carbocycles. The first kappa shape index (κ1) is 19.2. The topological polar surface area (TPSA) is 63.2 Å². The van der Waals surface area contributed by atoms with Crippen LogP contribution in [0.15, 0.2) is 54.6 Å². The maximum atomic E-state index is 12.1. The minimum atomic E-state index is -0.159. The highest BCUT2D eigenvalue weighted by atomic mass is 16.1. The van der Waals surface area contributed by atoms with Crippen molar-refractivity contribution < 1.29 is 14.4 Å². The van der Waals surface area contributed by atoms with Gasteiger partial charge in [0.1, 0.15) is 6.79 Å². The summed E-state index contributed by atoms with van der Waals surface area (Å²) in [5, 5.41) is 2.54. The molecule has 0 radical (unpaired) electrons. The van der Waals surface area contributed by atoms with Crippen LogP contribution in [0.4, 0.5) is 0 Å². The number of carbonyl (C=O) groups excluding carboxylic acids is 3. The van der Waals surface area contributed by atoms with Gasteiger partial charge >= 0.3 is 0 Å². The van der Waals surface area contributed by atoms with E-state index in [2.05, 4.69) is 5.32 Å². The summed E-state index contributed by atoms with van der Waals surface area (Å²) in [5.41, 5.74) is 1.76. The van der Waals surface area contributed by atoms with Gasteiger partial charge in [0.15, 0.2) is 5.78 Å². The van der Waals surface area contributed by atoms with E-state index in [1.165, 1.54) is 0 Å². The fourth-order valence-corrected chi connectivity index (χ4v) is 1.67. The predicted octanol–water partition coefficient (Wildman–Crippen LogP) is 3.12. The van der Waals surface area contributed by atoms with Crippen LogP contribution in [0, 0.1) is 0 Å². The van der Waals surface area contributed by atoms with Crippen LogP contribution in [0.5, 0.6) is 0 Å². The van der Waals surface area contributed by atoms with Crippen LogP contribution in [0.25, 0.3) is 0 Å². The number of carbonyl (C=O) groups is 3. The highest BCUT2D eigenvalue weighted by Crippen LogP contribution is 2.11. The molecule has 0 aliphatic rings. The lowest BCUT2D eigenvalue weighted by molar-refractivity contribution is -0.0980. The molecule has 2 rings (SSSR count). The van der Waals surface area contributed by atoms with Crippen molar-refractivity contribution in [2.45, 2.75) is 13.8 Å². The molecule has 0 aliphatic heterocycles. The van der Waals surface area contributed by atoms with E-state index < -0.39 is 0 Å². The van der Waals surface area contributed by atoms with E-state index in [9.17, 15) is 9.59 Å². The second kappa shape index (κ2) is 11.0. The third-order valence-electron chi connectivity index (χ3n) is 2.67. The summed E-state index contributed by atoms with van der Waals surface area (Å²) in [6.45, 7) is 6.00. The maximum absolute atomic E-state index is 12.1. The number of hydrogen-bond acceptors (Lipinski definition) is 3. The Balaban J connectivity index is 0.00000102. The summed E-state index contributed by atoms with van der Waals surface area (Å²) < 4.78 is 0. The Hall–Kier alpha value is -2.75. The lowest BCUT2D eigenvalue weighted by atomic mass is 10.0. The highest BCUT2D eigenvalue weighted by molar-refractivity contribution is 6.09. The van der Waals surface area contributed by atoms with Crippen molar-refractivity contribution in [1.29, 1.82) is 0 Å². The fraction of sp³-hybridized carbons (Fsp3) is 0.167. The molecule has 0 spiro atoms. The van der Waals surface area contributed by atoms with Crippen molar-refractivity contribution in [2.24, 2.45) is 0 Å². The summed E-state index contributed by atoms with van der Waals surface area (Å²) >= 11 is 0. The van der Waals surface area contributed by atoms with Crippen LogP contribution in [0.2, 0.25) is 0 Å². The Morgan fingerprint density at radius 1 is 0.773 bits per heavy atom. The first-order valence-electron chi connectivity index (χ1n) is 6.93. The summed E-state index contributed by atoms with van der Waals surface area (Å²) in [7, 11) is 1.57. The maximum Gasteiger partial charge on any atom is 0.251 e. The zero-order valence-electron chi connectivity index (χ0n) is 13.1. The molecular weight excluding hydrogens is 278 g/mol. The molecule has 0 aromatic heterocycles. The molecule has 0 heterocycles. The number of benzene rings is 2. The molecule has 1 amide bonds. The average Bonchev–Trinajstić information content (AvgIpc) is 2.64. The summed E-state index contributed by atoms with van der Waals surface area (Å²) in [5.74, 6) is -0.201. The molecule has 2 aromatic rings. The zero-order valence-corrected chi connectivity index (χ0v) is 13.1. The molecule has 22 heavy (non-hydrogen) atoms. The Bertz CT molecular complexity index is 577. The molecule has 0 atom stereocenters. The van der Waals surface area contributed by atoms with Crippen molar-refractivity contribution in [2.75, 3.05) is 7.05 Å². The third kappa shape index (κ3) is 5.32. The van der Waals surface area contributed by atoms with E-state index >= 15 is 0 Å². The van der Waals surface area contributed by atoms with Gasteiger partial charge in [0, 0.05) is 23.7 Å². The van der Waals surface area contributed by atoms with E-state index in [0.29, 0.717) is 16.7 Å². The van der Waals surface area contributed by atoms with Crippen LogP contribution in [-0.4, -0.2) is 25.5 Å². The second-order valence-electron chi connectivity index (χ2n) is 3.85. The molecular formula is C18H21NO3. The summed E-state index contributed by atoms with van der Waals surface area (Å²) in [6.07, 6.45) is 0. The van der Waals surface area contributed by atoms with Crippen LogP contribution < -0.4 is 5.32 Å². The molecule has 116 valence electrons. The van der Waals surface area contributed by atoms with E-state index in [1.807, 2.05) is 38.8 Å². The number of rotatable bonds is 3. The molecule has 0 saturated carbocycles. The number of ketones is 1. The lowest BCUT2D eigenvalue weighted by Crippen LogP contribution is -2.17. The van der Waals surface area contributed by atoms with Crippen molar-refractivity contribution in [3.63, 3.8) is 0 Å². The van der Waals surface area contributed by atoms with Crippen molar-refractivity contribution >= 4 is 18.5 Å². The quantitative estimate of drug-likeness (QED) is 0.886.